The van der Waals surface area contributed by atoms with Crippen LogP contribution in [0.5, 0.6) is 23.0 Å². The van der Waals surface area contributed by atoms with Gasteiger partial charge in [-0.05, 0) is 29.3 Å². The Hall–Kier alpha value is -3.51. The van der Waals surface area contributed by atoms with Crippen molar-refractivity contribution in [2.75, 3.05) is 28.1 Å². The number of rotatable bonds is 9. The van der Waals surface area contributed by atoms with Gasteiger partial charge in [0.1, 0.15) is 24.4 Å². The molecule has 3 aromatic rings. The van der Waals surface area contributed by atoms with Crippen molar-refractivity contribution >= 4 is 6.29 Å². The molecule has 0 saturated carbocycles. The SMILES string of the molecule is COCOc1c(OC)ccc2c1-c1c(OCc3ccccc3)ccc(OC)c1C2C=O. The summed E-state index contributed by atoms with van der Waals surface area (Å²) in [5.74, 6) is 1.80. The molecule has 0 saturated heterocycles. The molecule has 1 unspecified atom stereocenters. The first kappa shape index (κ1) is 20.8. The van der Waals surface area contributed by atoms with Crippen LogP contribution in [-0.4, -0.2) is 34.4 Å². The van der Waals surface area contributed by atoms with E-state index in [2.05, 4.69) is 0 Å². The Balaban J connectivity index is 1.90. The van der Waals surface area contributed by atoms with Crippen LogP contribution < -0.4 is 18.9 Å². The van der Waals surface area contributed by atoms with Crippen molar-refractivity contribution in [3.63, 3.8) is 0 Å². The average Bonchev–Trinajstić information content (AvgIpc) is 3.16. The van der Waals surface area contributed by atoms with Gasteiger partial charge in [0.15, 0.2) is 18.3 Å². The average molecular weight is 420 g/mol. The van der Waals surface area contributed by atoms with Crippen LogP contribution in [0, 0.1) is 0 Å². The van der Waals surface area contributed by atoms with Gasteiger partial charge in [0.05, 0.1) is 20.1 Å². The van der Waals surface area contributed by atoms with Crippen LogP contribution in [0.1, 0.15) is 22.6 Å². The van der Waals surface area contributed by atoms with E-state index in [1.54, 1.807) is 27.4 Å². The van der Waals surface area contributed by atoms with Crippen molar-refractivity contribution in [3.8, 4) is 34.1 Å². The highest BCUT2D eigenvalue weighted by molar-refractivity contribution is 5.96. The van der Waals surface area contributed by atoms with E-state index < -0.39 is 5.92 Å². The fourth-order valence-corrected chi connectivity index (χ4v) is 4.00. The van der Waals surface area contributed by atoms with Crippen molar-refractivity contribution in [1.29, 1.82) is 0 Å². The molecule has 4 rings (SSSR count). The molecule has 6 nitrogen and oxygen atoms in total. The van der Waals surface area contributed by atoms with E-state index in [4.69, 9.17) is 23.7 Å². The van der Waals surface area contributed by atoms with E-state index in [1.807, 2.05) is 48.5 Å². The van der Waals surface area contributed by atoms with Crippen LogP contribution in [0.2, 0.25) is 0 Å². The van der Waals surface area contributed by atoms with Gasteiger partial charge in [-0.3, -0.25) is 0 Å². The lowest BCUT2D eigenvalue weighted by molar-refractivity contribution is -0.108. The lowest BCUT2D eigenvalue weighted by Crippen LogP contribution is -2.03. The molecule has 3 aromatic carbocycles. The maximum absolute atomic E-state index is 12.2. The molecule has 160 valence electrons. The molecule has 1 aliphatic rings. The Morgan fingerprint density at radius 3 is 2.19 bits per heavy atom. The van der Waals surface area contributed by atoms with Gasteiger partial charge >= 0.3 is 0 Å². The van der Waals surface area contributed by atoms with Crippen LogP contribution in [0.25, 0.3) is 11.1 Å². The summed E-state index contributed by atoms with van der Waals surface area (Å²) in [6.45, 7) is 0.428. The molecule has 0 radical (unpaired) electrons. The van der Waals surface area contributed by atoms with Gasteiger partial charge in [-0.1, -0.05) is 36.4 Å². The van der Waals surface area contributed by atoms with E-state index in [-0.39, 0.29) is 6.79 Å². The van der Waals surface area contributed by atoms with Gasteiger partial charge in [-0.15, -0.1) is 0 Å². The molecular formula is C25H24O6. The van der Waals surface area contributed by atoms with Gasteiger partial charge in [0, 0.05) is 23.8 Å². The third-order valence-electron chi connectivity index (χ3n) is 5.35. The molecule has 0 fully saturated rings. The lowest BCUT2D eigenvalue weighted by atomic mass is 9.97. The van der Waals surface area contributed by atoms with Gasteiger partial charge in [-0.25, -0.2) is 0 Å². The van der Waals surface area contributed by atoms with Crippen LogP contribution in [-0.2, 0) is 16.1 Å². The van der Waals surface area contributed by atoms with E-state index in [1.165, 1.54) is 0 Å². The smallest absolute Gasteiger partial charge is 0.188 e. The molecule has 0 spiro atoms. The fraction of sp³-hybridized carbons (Fsp3) is 0.240. The quantitative estimate of drug-likeness (QED) is 0.373. The number of carbonyl (C=O) groups excluding carboxylic acids is 1. The molecular weight excluding hydrogens is 396 g/mol. The van der Waals surface area contributed by atoms with Crippen molar-refractivity contribution in [2.24, 2.45) is 0 Å². The third-order valence-corrected chi connectivity index (χ3v) is 5.35. The lowest BCUT2D eigenvalue weighted by Gasteiger charge is -2.18. The molecule has 0 bridgehead atoms. The van der Waals surface area contributed by atoms with E-state index in [0.717, 1.165) is 34.1 Å². The first-order valence-electron chi connectivity index (χ1n) is 9.89. The van der Waals surface area contributed by atoms with E-state index >= 15 is 0 Å². The minimum absolute atomic E-state index is 0.0398. The van der Waals surface area contributed by atoms with Crippen molar-refractivity contribution in [1.82, 2.24) is 0 Å². The molecule has 0 N–H and O–H groups in total. The number of hydrogen-bond acceptors (Lipinski definition) is 6. The number of methoxy groups -OCH3 is 3. The Bertz CT molecular complexity index is 1080. The van der Waals surface area contributed by atoms with Crippen molar-refractivity contribution in [3.05, 3.63) is 71.3 Å². The normalized spacial score (nSPS) is 13.8. The Labute approximate surface area is 181 Å². The van der Waals surface area contributed by atoms with Crippen molar-refractivity contribution < 1.29 is 28.5 Å². The minimum atomic E-state index is -0.504. The summed E-state index contributed by atoms with van der Waals surface area (Å²) < 4.78 is 28.4. The second kappa shape index (κ2) is 9.10. The predicted octanol–water partition coefficient (Wildman–Crippen LogP) is 4.58. The zero-order chi connectivity index (χ0) is 21.8. The number of carbonyl (C=O) groups is 1. The number of fused-ring (bicyclic) bond motifs is 3. The maximum Gasteiger partial charge on any atom is 0.188 e. The van der Waals surface area contributed by atoms with Gasteiger partial charge in [0.2, 0.25) is 0 Å². The fourth-order valence-electron chi connectivity index (χ4n) is 4.00. The molecule has 31 heavy (non-hydrogen) atoms. The van der Waals surface area contributed by atoms with E-state index in [0.29, 0.717) is 29.6 Å². The van der Waals surface area contributed by atoms with Crippen LogP contribution in [0.15, 0.2) is 54.6 Å². The standard InChI is InChI=1S/C25H24O6/c1-27-15-31-25-21(29-3)10-9-17-18(13-26)22-19(28-2)11-12-20(24(22)23(17)25)30-14-16-7-5-4-6-8-16/h4-13,18H,14-15H2,1-3H3. The molecule has 1 aliphatic carbocycles. The highest BCUT2D eigenvalue weighted by Gasteiger charge is 2.37. The van der Waals surface area contributed by atoms with E-state index in [9.17, 15) is 4.79 Å². The number of hydrogen-bond donors (Lipinski definition) is 0. The van der Waals surface area contributed by atoms with Gasteiger partial charge in [-0.2, -0.15) is 0 Å². The third kappa shape index (κ3) is 3.70. The summed E-state index contributed by atoms with van der Waals surface area (Å²) in [5.41, 5.74) is 4.14. The minimum Gasteiger partial charge on any atom is -0.496 e. The largest absolute Gasteiger partial charge is 0.496 e. The highest BCUT2D eigenvalue weighted by atomic mass is 16.7. The van der Waals surface area contributed by atoms with Gasteiger partial charge < -0.3 is 28.5 Å². The first-order valence-corrected chi connectivity index (χ1v) is 9.89. The number of aldehydes is 1. The predicted molar refractivity (Wildman–Crippen MR) is 116 cm³/mol. The molecule has 0 aromatic heterocycles. The van der Waals surface area contributed by atoms with Crippen molar-refractivity contribution in [2.45, 2.75) is 12.5 Å². The summed E-state index contributed by atoms with van der Waals surface area (Å²) in [6, 6.07) is 17.3. The summed E-state index contributed by atoms with van der Waals surface area (Å²) in [7, 11) is 4.72. The second-order valence-corrected chi connectivity index (χ2v) is 7.05. The van der Waals surface area contributed by atoms with Crippen LogP contribution >= 0.6 is 0 Å². The van der Waals surface area contributed by atoms with Crippen LogP contribution in [0.4, 0.5) is 0 Å². The zero-order valence-electron chi connectivity index (χ0n) is 17.7. The molecule has 0 heterocycles. The molecule has 1 atom stereocenters. The van der Waals surface area contributed by atoms with Gasteiger partial charge in [0.25, 0.3) is 0 Å². The topological polar surface area (TPSA) is 63.2 Å². The Morgan fingerprint density at radius 2 is 1.52 bits per heavy atom. The monoisotopic (exact) mass is 420 g/mol. The first-order chi connectivity index (χ1) is 15.2. The van der Waals surface area contributed by atoms with Crippen LogP contribution in [0.3, 0.4) is 0 Å². The molecule has 6 heteroatoms. The Kier molecular flexibility index (Phi) is 6.09. The summed E-state index contributed by atoms with van der Waals surface area (Å²) in [5, 5.41) is 0. The second-order valence-electron chi connectivity index (χ2n) is 7.05. The summed E-state index contributed by atoms with van der Waals surface area (Å²) >= 11 is 0. The summed E-state index contributed by atoms with van der Waals surface area (Å²) in [6.07, 6.45) is 0.917. The Morgan fingerprint density at radius 1 is 0.806 bits per heavy atom. The highest BCUT2D eigenvalue weighted by Crippen LogP contribution is 2.57. The maximum atomic E-state index is 12.2. The summed E-state index contributed by atoms with van der Waals surface area (Å²) in [4.78, 5) is 12.2. The number of ether oxygens (including phenoxy) is 5. The molecule has 0 aliphatic heterocycles. The zero-order valence-corrected chi connectivity index (χ0v) is 17.7. The molecule has 0 amide bonds. The number of benzene rings is 3.